The van der Waals surface area contributed by atoms with Gasteiger partial charge in [0.05, 0.1) is 35.6 Å². The van der Waals surface area contributed by atoms with Crippen molar-refractivity contribution in [1.29, 1.82) is 0 Å². The van der Waals surface area contributed by atoms with Gasteiger partial charge in [0.15, 0.2) is 5.82 Å². The molecule has 3 aromatic heterocycles. The molecule has 4 heterocycles. The van der Waals surface area contributed by atoms with E-state index in [4.69, 9.17) is 41.8 Å². The van der Waals surface area contributed by atoms with Gasteiger partial charge < -0.3 is 19.7 Å². The number of carbonyl (C=O) groups is 2. The van der Waals surface area contributed by atoms with Crippen molar-refractivity contribution in [2.45, 2.75) is 58.4 Å². The minimum Gasteiger partial charge on any atom is -0.481 e. The van der Waals surface area contributed by atoms with Gasteiger partial charge in [0.25, 0.3) is 15.7 Å². The lowest BCUT2D eigenvalue weighted by atomic mass is 9.97. The van der Waals surface area contributed by atoms with Crippen LogP contribution in [0.25, 0.3) is 39.0 Å². The van der Waals surface area contributed by atoms with E-state index < -0.39 is 34.0 Å². The van der Waals surface area contributed by atoms with Crippen molar-refractivity contribution in [3.05, 3.63) is 92.6 Å². The molecule has 17 heteroatoms. The van der Waals surface area contributed by atoms with Gasteiger partial charge in [-0.25, -0.2) is 14.3 Å². The molecule has 1 fully saturated rings. The Labute approximate surface area is 328 Å². The van der Waals surface area contributed by atoms with Crippen LogP contribution < -0.4 is 15.6 Å². The molecule has 0 saturated carbocycles. The summed E-state index contributed by atoms with van der Waals surface area (Å²) in [5.74, 6) is 0.350. The van der Waals surface area contributed by atoms with Crippen LogP contribution >= 0.6 is 23.2 Å². The Hall–Kier alpha value is -4.96. The number of aromatic nitrogens is 4. The Balaban J connectivity index is 1.31. The molecule has 1 atom stereocenters. The molecule has 6 rings (SSSR count). The Morgan fingerprint density at radius 3 is 2.29 bits per heavy atom. The number of ether oxygens (including phenoxy) is 2. The van der Waals surface area contributed by atoms with E-state index in [2.05, 4.69) is 10.4 Å². The summed E-state index contributed by atoms with van der Waals surface area (Å²) < 4.78 is 42.0. The topological polar surface area (TPSA) is 163 Å². The molecule has 0 unspecified atom stereocenters. The highest BCUT2D eigenvalue weighted by Crippen LogP contribution is 2.42. The Kier molecular flexibility index (Phi) is 11.3. The standard InChI is InChI=1S/C38H40Cl2N6O8S/c1-38(2,3)54-37(49)45(20-24-14-16-32(47)41-24)18-22-13-15-29(42-35(22)52-5)28-12-8-11-27(34(28)40)26-10-7-9-25(33(26)39)23-17-30-36(48)44(4)31(43-46(30)19-23)21-53-55(6,50)51/h7-13,15,17,19,24H,14,16,18,20-21H2,1-6H3,(H,41,47)/t24-/m0/s1. The van der Waals surface area contributed by atoms with Crippen molar-refractivity contribution in [2.24, 2.45) is 7.05 Å². The number of carbonyl (C=O) groups excluding carboxylic acids is 2. The highest BCUT2D eigenvalue weighted by atomic mass is 35.5. The van der Waals surface area contributed by atoms with Crippen molar-refractivity contribution < 1.29 is 31.7 Å². The minimum atomic E-state index is -3.76. The lowest BCUT2D eigenvalue weighted by molar-refractivity contribution is -0.119. The molecule has 0 spiro atoms. The molecular weight excluding hydrogens is 771 g/mol. The van der Waals surface area contributed by atoms with E-state index in [1.807, 2.05) is 42.5 Å². The third-order valence-electron chi connectivity index (χ3n) is 8.88. The second-order valence-electron chi connectivity index (χ2n) is 14.2. The summed E-state index contributed by atoms with van der Waals surface area (Å²) in [5, 5.41) is 8.07. The fourth-order valence-electron chi connectivity index (χ4n) is 6.24. The molecule has 1 aliphatic rings. The zero-order valence-corrected chi connectivity index (χ0v) is 33.4. The van der Waals surface area contributed by atoms with Crippen molar-refractivity contribution in [3.8, 4) is 39.4 Å². The van der Waals surface area contributed by atoms with Crippen molar-refractivity contribution in [3.63, 3.8) is 0 Å². The molecule has 5 aromatic rings. The lowest BCUT2D eigenvalue weighted by Crippen LogP contribution is -2.43. The maximum absolute atomic E-state index is 13.3. The van der Waals surface area contributed by atoms with E-state index in [1.54, 1.807) is 39.1 Å². The van der Waals surface area contributed by atoms with Gasteiger partial charge in [-0.15, -0.1) is 0 Å². The van der Waals surface area contributed by atoms with Crippen LogP contribution in [-0.4, -0.2) is 76.0 Å². The number of nitrogens with one attached hydrogen (secondary N) is 1. The van der Waals surface area contributed by atoms with Crippen LogP contribution in [0.5, 0.6) is 5.88 Å². The number of hydrogen-bond donors (Lipinski definition) is 1. The molecule has 0 aliphatic carbocycles. The van der Waals surface area contributed by atoms with Gasteiger partial charge in [-0.05, 0) is 45.4 Å². The van der Waals surface area contributed by atoms with Crippen LogP contribution in [0, 0.1) is 0 Å². The SMILES string of the molecule is COc1nc(-c2cccc(-c3cccc(-c4cc5c(=O)n(C)c(COS(C)(=O)=O)nn5c4)c3Cl)c2Cl)ccc1CN(C[C@@H]1CCC(=O)N1)C(=O)OC(C)(C)C. The van der Waals surface area contributed by atoms with E-state index in [-0.39, 0.29) is 42.3 Å². The number of rotatable bonds is 11. The Bertz CT molecular complexity index is 2480. The molecule has 1 N–H and O–H groups in total. The molecule has 2 aromatic carbocycles. The molecule has 290 valence electrons. The summed E-state index contributed by atoms with van der Waals surface area (Å²) in [7, 11) is -0.776. The number of methoxy groups -OCH3 is 1. The monoisotopic (exact) mass is 810 g/mol. The molecule has 0 radical (unpaired) electrons. The first-order chi connectivity index (χ1) is 25.9. The fourth-order valence-corrected chi connectivity index (χ4v) is 7.22. The quantitative estimate of drug-likeness (QED) is 0.151. The maximum Gasteiger partial charge on any atom is 0.410 e. The molecule has 2 amide bonds. The lowest BCUT2D eigenvalue weighted by Gasteiger charge is -2.29. The summed E-state index contributed by atoms with van der Waals surface area (Å²) in [5.41, 5.74) is 3.35. The zero-order valence-electron chi connectivity index (χ0n) is 31.1. The first-order valence-corrected chi connectivity index (χ1v) is 19.8. The Morgan fingerprint density at radius 1 is 1.02 bits per heavy atom. The predicted molar refractivity (Wildman–Crippen MR) is 209 cm³/mol. The summed E-state index contributed by atoms with van der Waals surface area (Å²) in [6.07, 6.45) is 3.04. The average molecular weight is 812 g/mol. The van der Waals surface area contributed by atoms with Gasteiger partial charge in [-0.1, -0.05) is 59.6 Å². The maximum atomic E-state index is 13.3. The van der Waals surface area contributed by atoms with Gasteiger partial charge in [0, 0.05) is 65.6 Å². The normalized spacial score (nSPS) is 14.6. The van der Waals surface area contributed by atoms with Crippen LogP contribution in [0.2, 0.25) is 10.0 Å². The van der Waals surface area contributed by atoms with Crippen LogP contribution in [0.15, 0.2) is 65.6 Å². The van der Waals surface area contributed by atoms with E-state index in [0.717, 1.165) is 6.26 Å². The number of pyridine rings is 1. The molecule has 0 bridgehead atoms. The predicted octanol–water partition coefficient (Wildman–Crippen LogP) is 6.24. The molecular formula is C38H40Cl2N6O8S. The van der Waals surface area contributed by atoms with Gasteiger partial charge >= 0.3 is 6.09 Å². The number of hydrogen-bond acceptors (Lipinski definition) is 10. The highest BCUT2D eigenvalue weighted by molar-refractivity contribution is 7.85. The molecule has 55 heavy (non-hydrogen) atoms. The number of benzene rings is 2. The van der Waals surface area contributed by atoms with Gasteiger partial charge in [0.2, 0.25) is 11.8 Å². The third-order valence-corrected chi connectivity index (χ3v) is 10.2. The number of fused-ring (bicyclic) bond motifs is 1. The largest absolute Gasteiger partial charge is 0.481 e. The summed E-state index contributed by atoms with van der Waals surface area (Å²) in [6, 6.07) is 16.0. The smallest absolute Gasteiger partial charge is 0.410 e. The molecule has 1 aliphatic heterocycles. The number of amides is 2. The summed E-state index contributed by atoms with van der Waals surface area (Å²) >= 11 is 14.2. The minimum absolute atomic E-state index is 0.0531. The second kappa shape index (κ2) is 15.6. The van der Waals surface area contributed by atoms with Crippen molar-refractivity contribution >= 4 is 50.8 Å². The zero-order chi connectivity index (χ0) is 39.8. The second-order valence-corrected chi connectivity index (χ2v) is 16.6. The van der Waals surface area contributed by atoms with Crippen LogP contribution in [-0.2, 0) is 44.0 Å². The van der Waals surface area contributed by atoms with E-state index >= 15 is 0 Å². The van der Waals surface area contributed by atoms with Crippen molar-refractivity contribution in [1.82, 2.24) is 29.4 Å². The highest BCUT2D eigenvalue weighted by Gasteiger charge is 2.29. The Morgan fingerprint density at radius 2 is 1.67 bits per heavy atom. The van der Waals surface area contributed by atoms with Gasteiger partial charge in [-0.3, -0.25) is 18.3 Å². The van der Waals surface area contributed by atoms with Crippen LogP contribution in [0.3, 0.4) is 0 Å². The van der Waals surface area contributed by atoms with Crippen molar-refractivity contribution in [2.75, 3.05) is 19.9 Å². The van der Waals surface area contributed by atoms with Gasteiger partial charge in [-0.2, -0.15) is 13.5 Å². The molecule has 1 saturated heterocycles. The average Bonchev–Trinajstić information content (AvgIpc) is 3.74. The van der Waals surface area contributed by atoms with E-state index in [9.17, 15) is 22.8 Å². The van der Waals surface area contributed by atoms with Crippen LogP contribution in [0.1, 0.15) is 45.0 Å². The van der Waals surface area contributed by atoms with Crippen LogP contribution in [0.4, 0.5) is 4.79 Å². The fraction of sp³-hybridized carbons (Fsp3) is 0.342. The number of nitrogens with zero attached hydrogens (tertiary/aromatic N) is 5. The first-order valence-electron chi connectivity index (χ1n) is 17.2. The molecule has 14 nitrogen and oxygen atoms in total. The number of halogens is 2. The van der Waals surface area contributed by atoms with Gasteiger partial charge in [0.1, 0.15) is 17.7 Å². The van der Waals surface area contributed by atoms with E-state index in [0.29, 0.717) is 62.0 Å². The third kappa shape index (κ3) is 8.96. The summed E-state index contributed by atoms with van der Waals surface area (Å²) in [4.78, 5) is 44.7. The first kappa shape index (κ1) is 39.7. The van der Waals surface area contributed by atoms with E-state index in [1.165, 1.54) is 28.1 Å². The summed E-state index contributed by atoms with van der Waals surface area (Å²) in [6.45, 7) is 5.35.